The van der Waals surface area contributed by atoms with Gasteiger partial charge in [-0.15, -0.1) is 0 Å². The van der Waals surface area contributed by atoms with Crippen molar-refractivity contribution in [2.24, 2.45) is 11.8 Å². The summed E-state index contributed by atoms with van der Waals surface area (Å²) in [7, 11) is 2.11. The highest BCUT2D eigenvalue weighted by atomic mass is 16.5. The minimum atomic E-state index is 0.580. The zero-order valence-corrected chi connectivity index (χ0v) is 15.3. The molecule has 0 aromatic heterocycles. The average Bonchev–Trinajstić information content (AvgIpc) is 2.63. The van der Waals surface area contributed by atoms with Crippen LogP contribution in [0.2, 0.25) is 0 Å². The molecule has 1 N–H and O–H groups in total. The largest absolute Gasteiger partial charge is 0.378 e. The van der Waals surface area contributed by atoms with Crippen molar-refractivity contribution in [2.45, 2.75) is 83.3 Å². The van der Waals surface area contributed by atoms with Crippen molar-refractivity contribution in [3.63, 3.8) is 0 Å². The first-order chi connectivity index (χ1) is 11.2. The molecule has 2 aliphatic carbocycles. The molecule has 0 amide bonds. The standard InChI is InChI=1S/C17H33NO.C3H4O/c1-3-4-13-19-17-11-7-15(8-12-17)14-5-9-16(18-2)10-6-14;1-2-3-4/h14-18H,3-13H2,1-2H3;2-3H,1H2. The SMILES string of the molecule is C=CC=O.CCCCOC1CCC(C2CCC(NC)CC2)CC1. The second-order valence-electron chi connectivity index (χ2n) is 7.03. The number of hydrogen-bond donors (Lipinski definition) is 1. The maximum Gasteiger partial charge on any atom is 0.142 e. The molecule has 0 aromatic rings. The number of rotatable bonds is 7. The van der Waals surface area contributed by atoms with Crippen LogP contribution in [-0.2, 0) is 9.53 Å². The minimum absolute atomic E-state index is 0.580. The summed E-state index contributed by atoms with van der Waals surface area (Å²) in [5.41, 5.74) is 0. The smallest absolute Gasteiger partial charge is 0.142 e. The van der Waals surface area contributed by atoms with Gasteiger partial charge in [0, 0.05) is 12.6 Å². The maximum atomic E-state index is 9.06. The lowest BCUT2D eigenvalue weighted by atomic mass is 9.72. The van der Waals surface area contributed by atoms with Crippen molar-refractivity contribution in [3.8, 4) is 0 Å². The number of carbonyl (C=O) groups excluding carboxylic acids is 1. The summed E-state index contributed by atoms with van der Waals surface area (Å²) in [4.78, 5) is 9.06. The third kappa shape index (κ3) is 8.12. The number of unbranched alkanes of at least 4 members (excludes halogenated alkanes) is 1. The molecule has 2 fully saturated rings. The summed E-state index contributed by atoms with van der Waals surface area (Å²) >= 11 is 0. The molecule has 2 aliphatic rings. The van der Waals surface area contributed by atoms with Gasteiger partial charge in [0.25, 0.3) is 0 Å². The Morgan fingerprint density at radius 1 is 1.04 bits per heavy atom. The molecule has 0 bridgehead atoms. The zero-order valence-electron chi connectivity index (χ0n) is 15.3. The van der Waals surface area contributed by atoms with E-state index in [-0.39, 0.29) is 0 Å². The van der Waals surface area contributed by atoms with Crippen LogP contribution in [-0.4, -0.2) is 32.1 Å². The van der Waals surface area contributed by atoms with Crippen LogP contribution in [0.15, 0.2) is 12.7 Å². The van der Waals surface area contributed by atoms with Gasteiger partial charge in [0.05, 0.1) is 6.10 Å². The van der Waals surface area contributed by atoms with Crippen LogP contribution in [0.1, 0.15) is 71.1 Å². The Labute approximate surface area is 143 Å². The van der Waals surface area contributed by atoms with E-state index >= 15 is 0 Å². The van der Waals surface area contributed by atoms with Gasteiger partial charge in [-0.1, -0.05) is 19.9 Å². The highest BCUT2D eigenvalue weighted by Gasteiger charge is 2.30. The lowest BCUT2D eigenvalue weighted by molar-refractivity contribution is -0.104. The highest BCUT2D eigenvalue weighted by molar-refractivity contribution is 5.63. The maximum absolute atomic E-state index is 9.06. The molecule has 0 atom stereocenters. The van der Waals surface area contributed by atoms with E-state index < -0.39 is 0 Å². The molecule has 0 unspecified atom stereocenters. The molecule has 0 radical (unpaired) electrons. The normalized spacial score (nSPS) is 30.9. The van der Waals surface area contributed by atoms with Crippen molar-refractivity contribution < 1.29 is 9.53 Å². The molecule has 3 heteroatoms. The van der Waals surface area contributed by atoms with E-state index in [4.69, 9.17) is 9.53 Å². The monoisotopic (exact) mass is 323 g/mol. The summed E-state index contributed by atoms with van der Waals surface area (Å²) in [6, 6.07) is 0.796. The van der Waals surface area contributed by atoms with Crippen LogP contribution in [0.4, 0.5) is 0 Å². The first-order valence-electron chi connectivity index (χ1n) is 9.60. The third-order valence-electron chi connectivity index (χ3n) is 5.51. The Hall–Kier alpha value is -0.670. The van der Waals surface area contributed by atoms with E-state index in [0.29, 0.717) is 12.4 Å². The van der Waals surface area contributed by atoms with Gasteiger partial charge < -0.3 is 10.1 Å². The second-order valence-corrected chi connectivity index (χ2v) is 7.03. The van der Waals surface area contributed by atoms with Crippen molar-refractivity contribution in [3.05, 3.63) is 12.7 Å². The van der Waals surface area contributed by atoms with Crippen LogP contribution in [0.5, 0.6) is 0 Å². The highest BCUT2D eigenvalue weighted by Crippen LogP contribution is 2.38. The number of carbonyl (C=O) groups is 1. The van der Waals surface area contributed by atoms with E-state index in [1.54, 1.807) is 0 Å². The molecule has 23 heavy (non-hydrogen) atoms. The summed E-state index contributed by atoms with van der Waals surface area (Å²) < 4.78 is 5.98. The lowest BCUT2D eigenvalue weighted by Gasteiger charge is -2.37. The quantitative estimate of drug-likeness (QED) is 0.425. The Kier molecular flexibility index (Phi) is 11.3. The Bertz CT molecular complexity index is 297. The van der Waals surface area contributed by atoms with Crippen molar-refractivity contribution in [1.82, 2.24) is 5.32 Å². The third-order valence-corrected chi connectivity index (χ3v) is 5.51. The number of nitrogens with one attached hydrogen (secondary N) is 1. The van der Waals surface area contributed by atoms with E-state index in [1.807, 2.05) is 0 Å². The molecule has 2 saturated carbocycles. The number of aldehydes is 1. The molecule has 0 saturated heterocycles. The predicted octanol–water partition coefficient (Wildman–Crippen LogP) is 4.51. The molecule has 0 heterocycles. The summed E-state index contributed by atoms with van der Waals surface area (Å²) in [5, 5.41) is 3.44. The second kappa shape index (κ2) is 12.7. The molecular weight excluding hydrogens is 286 g/mol. The predicted molar refractivity (Wildman–Crippen MR) is 97.7 cm³/mol. The minimum Gasteiger partial charge on any atom is -0.378 e. The molecule has 3 nitrogen and oxygen atoms in total. The fourth-order valence-electron chi connectivity index (χ4n) is 4.00. The van der Waals surface area contributed by atoms with Gasteiger partial charge >= 0.3 is 0 Å². The summed E-state index contributed by atoms with van der Waals surface area (Å²) in [5.74, 6) is 2.02. The number of hydrogen-bond acceptors (Lipinski definition) is 3. The molecule has 134 valence electrons. The Morgan fingerprint density at radius 2 is 1.57 bits per heavy atom. The van der Waals surface area contributed by atoms with Crippen molar-refractivity contribution in [2.75, 3.05) is 13.7 Å². The van der Waals surface area contributed by atoms with E-state index in [2.05, 4.69) is 25.9 Å². The zero-order chi connectivity index (χ0) is 16.9. The Morgan fingerprint density at radius 3 is 2.00 bits per heavy atom. The average molecular weight is 324 g/mol. The van der Waals surface area contributed by atoms with Gasteiger partial charge in [0.1, 0.15) is 6.29 Å². The van der Waals surface area contributed by atoms with Gasteiger partial charge in [-0.05, 0) is 82.7 Å². The summed E-state index contributed by atoms with van der Waals surface area (Å²) in [6.07, 6.45) is 16.1. The molecule has 0 aliphatic heterocycles. The van der Waals surface area contributed by atoms with Crippen LogP contribution < -0.4 is 5.32 Å². The fraction of sp³-hybridized carbons (Fsp3) is 0.850. The first kappa shape index (κ1) is 20.4. The lowest BCUT2D eigenvalue weighted by Crippen LogP contribution is -2.34. The topological polar surface area (TPSA) is 38.3 Å². The molecular formula is C20H37NO2. The van der Waals surface area contributed by atoms with E-state index in [9.17, 15) is 0 Å². The van der Waals surface area contributed by atoms with Crippen LogP contribution in [0, 0.1) is 11.8 Å². The van der Waals surface area contributed by atoms with Gasteiger partial charge in [-0.25, -0.2) is 0 Å². The summed E-state index contributed by atoms with van der Waals surface area (Å²) in [6.45, 7) is 6.33. The van der Waals surface area contributed by atoms with Crippen LogP contribution in [0.3, 0.4) is 0 Å². The van der Waals surface area contributed by atoms with Crippen molar-refractivity contribution >= 4 is 6.29 Å². The van der Waals surface area contributed by atoms with Gasteiger partial charge in [0.2, 0.25) is 0 Å². The van der Waals surface area contributed by atoms with E-state index in [1.165, 1.54) is 70.3 Å². The van der Waals surface area contributed by atoms with Gasteiger partial charge in [-0.2, -0.15) is 0 Å². The molecule has 2 rings (SSSR count). The van der Waals surface area contributed by atoms with Gasteiger partial charge in [-0.3, -0.25) is 4.79 Å². The fourth-order valence-corrected chi connectivity index (χ4v) is 4.00. The number of allylic oxidation sites excluding steroid dienone is 1. The Balaban J connectivity index is 0.000000593. The first-order valence-corrected chi connectivity index (χ1v) is 9.60. The van der Waals surface area contributed by atoms with Crippen LogP contribution in [0.25, 0.3) is 0 Å². The van der Waals surface area contributed by atoms with Crippen LogP contribution >= 0.6 is 0 Å². The van der Waals surface area contributed by atoms with E-state index in [0.717, 1.165) is 24.5 Å². The number of ether oxygens (including phenoxy) is 1. The molecule has 0 spiro atoms. The van der Waals surface area contributed by atoms with Crippen molar-refractivity contribution in [1.29, 1.82) is 0 Å². The van der Waals surface area contributed by atoms with Gasteiger partial charge in [0.15, 0.2) is 0 Å². The molecule has 0 aromatic carbocycles.